The molecule has 0 unspecified atom stereocenters. The highest BCUT2D eigenvalue weighted by atomic mass is 19.2. The molecule has 0 saturated carbocycles. The fourth-order valence-corrected chi connectivity index (χ4v) is 6.48. The molecule has 0 aliphatic rings. The number of benzene rings is 4. The lowest BCUT2D eigenvalue weighted by Crippen LogP contribution is -2.16. The zero-order valence-electron chi connectivity index (χ0n) is 33.7. The van der Waals surface area contributed by atoms with Crippen LogP contribution in [0, 0.1) is 17.5 Å². The lowest BCUT2D eigenvalue weighted by molar-refractivity contribution is 0.0703. The third-order valence-electron chi connectivity index (χ3n) is 9.91. The van der Waals surface area contributed by atoms with Gasteiger partial charge in [0.25, 0.3) is 0 Å². The molecule has 0 N–H and O–H groups in total. The molecule has 4 rings (SSSR count). The number of unbranched alkanes of at least 4 members (excludes halogenated alkanes) is 16. The molecule has 0 fully saturated rings. The molecule has 308 valence electrons. The van der Waals surface area contributed by atoms with Crippen molar-refractivity contribution in [3.8, 4) is 34.1 Å². The van der Waals surface area contributed by atoms with E-state index in [1.807, 2.05) is 24.3 Å². The molecule has 0 amide bonds. The second-order valence-corrected chi connectivity index (χ2v) is 14.6. The molecule has 4 aromatic carbocycles. The summed E-state index contributed by atoms with van der Waals surface area (Å²) in [6.07, 6.45) is 22.0. The predicted octanol–water partition coefficient (Wildman–Crippen LogP) is 14.0. The summed E-state index contributed by atoms with van der Waals surface area (Å²) in [5, 5.41) is 0. The number of hydrogen-bond acceptors (Lipinski definition) is 6. The minimum absolute atomic E-state index is 0.0237. The number of carbonyl (C=O) groups is 2. The zero-order chi connectivity index (χ0) is 40.7. The van der Waals surface area contributed by atoms with Gasteiger partial charge in [0, 0.05) is 6.07 Å². The summed E-state index contributed by atoms with van der Waals surface area (Å²) in [7, 11) is 0. The Morgan fingerprint density at radius 2 is 0.842 bits per heavy atom. The Morgan fingerprint density at radius 3 is 1.30 bits per heavy atom. The third kappa shape index (κ3) is 15.6. The molecule has 0 aromatic heterocycles. The molecule has 0 heterocycles. The van der Waals surface area contributed by atoms with E-state index < -0.39 is 40.7 Å². The smallest absolute Gasteiger partial charge is 0.346 e. The molecule has 0 aliphatic heterocycles. The highest BCUT2D eigenvalue weighted by molar-refractivity contribution is 5.94. The highest BCUT2D eigenvalue weighted by Gasteiger charge is 2.27. The van der Waals surface area contributed by atoms with Crippen molar-refractivity contribution < 1.29 is 41.7 Å². The van der Waals surface area contributed by atoms with Gasteiger partial charge in [-0.05, 0) is 72.5 Å². The summed E-state index contributed by atoms with van der Waals surface area (Å²) in [5.41, 5.74) is 0.817. The highest BCUT2D eigenvalue weighted by Crippen LogP contribution is 2.29. The monoisotopic (exact) mass is 788 g/mol. The van der Waals surface area contributed by atoms with E-state index in [1.165, 1.54) is 114 Å². The maximum Gasteiger partial charge on any atom is 0.346 e. The molecular weight excluding hydrogens is 730 g/mol. The van der Waals surface area contributed by atoms with Gasteiger partial charge >= 0.3 is 11.9 Å². The van der Waals surface area contributed by atoms with Gasteiger partial charge in [0.2, 0.25) is 5.82 Å². The summed E-state index contributed by atoms with van der Waals surface area (Å²) in [6.45, 7) is 5.65. The van der Waals surface area contributed by atoms with E-state index in [4.69, 9.17) is 18.9 Å². The SMILES string of the molecule is CCCCCCCCCCCCOc1ccc(C(=O)Oc2cc(C(=O)Oc3ccc(-c4ccc(OCCCCCCCCCC)cc4)cc3)c(F)c(F)c2F)cc1. The van der Waals surface area contributed by atoms with Crippen LogP contribution in [0.15, 0.2) is 78.9 Å². The van der Waals surface area contributed by atoms with E-state index in [0.717, 1.165) is 42.6 Å². The largest absolute Gasteiger partial charge is 0.494 e. The number of esters is 2. The summed E-state index contributed by atoms with van der Waals surface area (Å²) in [6, 6.07) is 20.7. The maximum atomic E-state index is 14.8. The quantitative estimate of drug-likeness (QED) is 0.0259. The maximum absolute atomic E-state index is 14.8. The molecule has 6 nitrogen and oxygen atoms in total. The Morgan fingerprint density at radius 1 is 0.439 bits per heavy atom. The fourth-order valence-electron chi connectivity index (χ4n) is 6.48. The van der Waals surface area contributed by atoms with Crippen LogP contribution in [0.25, 0.3) is 11.1 Å². The van der Waals surface area contributed by atoms with Crippen molar-refractivity contribution in [1.82, 2.24) is 0 Å². The van der Waals surface area contributed by atoms with Crippen molar-refractivity contribution in [3.63, 3.8) is 0 Å². The minimum atomic E-state index is -1.97. The van der Waals surface area contributed by atoms with Crippen LogP contribution >= 0.6 is 0 Å². The molecule has 0 spiro atoms. The number of hydrogen-bond donors (Lipinski definition) is 0. The van der Waals surface area contributed by atoms with Gasteiger partial charge in [0.05, 0.1) is 18.8 Å². The van der Waals surface area contributed by atoms with E-state index in [1.54, 1.807) is 24.3 Å². The van der Waals surface area contributed by atoms with Crippen LogP contribution in [0.1, 0.15) is 150 Å². The lowest BCUT2D eigenvalue weighted by Gasteiger charge is -2.11. The van der Waals surface area contributed by atoms with Gasteiger partial charge in [-0.15, -0.1) is 0 Å². The Kier molecular flexibility index (Phi) is 20.1. The van der Waals surface area contributed by atoms with Gasteiger partial charge in [0.1, 0.15) is 22.8 Å². The van der Waals surface area contributed by atoms with Crippen LogP contribution in [0.3, 0.4) is 0 Å². The Balaban J connectivity index is 1.23. The van der Waals surface area contributed by atoms with Crippen LogP contribution in [0.5, 0.6) is 23.0 Å². The van der Waals surface area contributed by atoms with Gasteiger partial charge in [-0.3, -0.25) is 0 Å². The van der Waals surface area contributed by atoms with Crippen molar-refractivity contribution in [1.29, 1.82) is 0 Å². The summed E-state index contributed by atoms with van der Waals surface area (Å²) in [5.74, 6) is -7.37. The van der Waals surface area contributed by atoms with Crippen LogP contribution in [-0.2, 0) is 0 Å². The average molecular weight is 789 g/mol. The van der Waals surface area contributed by atoms with Crippen LogP contribution in [-0.4, -0.2) is 25.2 Å². The van der Waals surface area contributed by atoms with Crippen molar-refractivity contribution in [2.75, 3.05) is 13.2 Å². The van der Waals surface area contributed by atoms with Crippen LogP contribution in [0.2, 0.25) is 0 Å². The molecule has 4 aromatic rings. The van der Waals surface area contributed by atoms with Crippen LogP contribution in [0.4, 0.5) is 13.2 Å². The van der Waals surface area contributed by atoms with E-state index in [0.29, 0.717) is 25.0 Å². The topological polar surface area (TPSA) is 71.1 Å². The number of carbonyl (C=O) groups excluding carboxylic acids is 2. The van der Waals surface area contributed by atoms with Crippen LogP contribution < -0.4 is 18.9 Å². The first-order valence-corrected chi connectivity index (χ1v) is 21.0. The van der Waals surface area contributed by atoms with E-state index in [9.17, 15) is 22.8 Å². The first kappa shape index (κ1) is 44.9. The zero-order valence-corrected chi connectivity index (χ0v) is 33.7. The van der Waals surface area contributed by atoms with Gasteiger partial charge in [-0.1, -0.05) is 141 Å². The van der Waals surface area contributed by atoms with E-state index in [2.05, 4.69) is 13.8 Å². The predicted molar refractivity (Wildman–Crippen MR) is 220 cm³/mol. The number of ether oxygens (including phenoxy) is 4. The van der Waals surface area contributed by atoms with Gasteiger partial charge in [-0.25, -0.2) is 18.4 Å². The summed E-state index contributed by atoms with van der Waals surface area (Å²) < 4.78 is 66.1. The number of rotatable bonds is 27. The molecule has 57 heavy (non-hydrogen) atoms. The summed E-state index contributed by atoms with van der Waals surface area (Å²) >= 11 is 0. The molecule has 0 saturated heterocycles. The standard InChI is InChI=1S/C48H59F3O6/c1-3-5-7-9-11-13-14-16-18-20-34-55-40-29-25-38(26-30-40)47(52)57-43-35-42(44(49)46(51)45(43)50)48(53)56-41-31-23-37(24-32-41)36-21-27-39(28-22-36)54-33-19-17-15-12-10-8-6-4-2/h21-32,35H,3-20,33-34H2,1-2H3. The molecule has 0 atom stereocenters. The van der Waals surface area contributed by atoms with Crippen molar-refractivity contribution in [2.45, 2.75) is 129 Å². The fraction of sp³-hybridized carbons (Fsp3) is 0.458. The third-order valence-corrected chi connectivity index (χ3v) is 9.91. The van der Waals surface area contributed by atoms with E-state index in [-0.39, 0.29) is 11.3 Å². The average Bonchev–Trinajstić information content (AvgIpc) is 3.23. The first-order valence-electron chi connectivity index (χ1n) is 21.0. The molecular formula is C48H59F3O6. The summed E-state index contributed by atoms with van der Waals surface area (Å²) in [4.78, 5) is 25.8. The Hall–Kier alpha value is -4.79. The Bertz CT molecular complexity index is 1770. The molecule has 0 radical (unpaired) electrons. The lowest BCUT2D eigenvalue weighted by atomic mass is 10.1. The first-order chi connectivity index (χ1) is 27.8. The second-order valence-electron chi connectivity index (χ2n) is 14.6. The van der Waals surface area contributed by atoms with Gasteiger partial charge in [-0.2, -0.15) is 4.39 Å². The second kappa shape index (κ2) is 25.5. The minimum Gasteiger partial charge on any atom is -0.494 e. The molecule has 9 heteroatoms. The van der Waals surface area contributed by atoms with Crippen molar-refractivity contribution in [2.24, 2.45) is 0 Å². The van der Waals surface area contributed by atoms with E-state index >= 15 is 0 Å². The van der Waals surface area contributed by atoms with Gasteiger partial charge in [0.15, 0.2) is 17.4 Å². The van der Waals surface area contributed by atoms with Crippen molar-refractivity contribution in [3.05, 3.63) is 107 Å². The Labute approximate surface area is 337 Å². The normalized spacial score (nSPS) is 11.0. The van der Waals surface area contributed by atoms with Gasteiger partial charge < -0.3 is 18.9 Å². The molecule has 0 bridgehead atoms. The molecule has 0 aliphatic carbocycles. The number of halogens is 3. The van der Waals surface area contributed by atoms with Crippen molar-refractivity contribution >= 4 is 11.9 Å².